The second-order valence-electron chi connectivity index (χ2n) is 3.59. The minimum absolute atomic E-state index is 0.121. The van der Waals surface area contributed by atoms with Gasteiger partial charge in [-0.2, -0.15) is 0 Å². The van der Waals surface area contributed by atoms with Gasteiger partial charge in [0.05, 0.1) is 12.7 Å². The quantitative estimate of drug-likeness (QED) is 0.601. The van der Waals surface area contributed by atoms with Crippen molar-refractivity contribution in [2.75, 3.05) is 19.8 Å². The molecule has 0 aromatic heterocycles. The van der Waals surface area contributed by atoms with Crippen LogP contribution in [-0.2, 0) is 0 Å². The summed E-state index contributed by atoms with van der Waals surface area (Å²) in [5.74, 6) is 0.710. The van der Waals surface area contributed by atoms with Gasteiger partial charge in [0.15, 0.2) is 0 Å². The average Bonchev–Trinajstić information content (AvgIpc) is 2.30. The first kappa shape index (κ1) is 13.0. The Labute approximate surface area is 95.7 Å². The van der Waals surface area contributed by atoms with E-state index >= 15 is 0 Å². The lowest BCUT2D eigenvalue weighted by atomic mass is 10.1. The van der Waals surface area contributed by atoms with Gasteiger partial charge in [-0.25, -0.2) is 0 Å². The number of hydrogen-bond acceptors (Lipinski definition) is 4. The predicted molar refractivity (Wildman–Crippen MR) is 62.3 cm³/mol. The molecule has 4 heteroatoms. The SMILES string of the molecule is NCCC(O)c1cccc(OCCCO)c1. The molecule has 0 aliphatic rings. The van der Waals surface area contributed by atoms with Crippen molar-refractivity contribution in [2.45, 2.75) is 18.9 Å². The Bertz CT molecular complexity index is 304. The molecule has 0 bridgehead atoms. The summed E-state index contributed by atoms with van der Waals surface area (Å²) >= 11 is 0. The third-order valence-electron chi connectivity index (χ3n) is 2.25. The van der Waals surface area contributed by atoms with Gasteiger partial charge in [0.25, 0.3) is 0 Å². The van der Waals surface area contributed by atoms with Gasteiger partial charge in [0, 0.05) is 13.0 Å². The smallest absolute Gasteiger partial charge is 0.119 e. The van der Waals surface area contributed by atoms with Crippen molar-refractivity contribution in [3.63, 3.8) is 0 Å². The maximum atomic E-state index is 9.74. The number of aliphatic hydroxyl groups excluding tert-OH is 2. The van der Waals surface area contributed by atoms with Crippen molar-refractivity contribution < 1.29 is 14.9 Å². The van der Waals surface area contributed by atoms with E-state index in [9.17, 15) is 5.11 Å². The van der Waals surface area contributed by atoms with E-state index in [1.807, 2.05) is 18.2 Å². The largest absolute Gasteiger partial charge is 0.493 e. The zero-order valence-electron chi connectivity index (χ0n) is 9.30. The molecule has 90 valence electrons. The lowest BCUT2D eigenvalue weighted by Gasteiger charge is -2.11. The van der Waals surface area contributed by atoms with Crippen LogP contribution in [0, 0.1) is 0 Å². The summed E-state index contributed by atoms with van der Waals surface area (Å²) in [6, 6.07) is 7.32. The number of hydrogen-bond donors (Lipinski definition) is 3. The fraction of sp³-hybridized carbons (Fsp3) is 0.500. The Morgan fingerprint density at radius 2 is 2.19 bits per heavy atom. The van der Waals surface area contributed by atoms with E-state index in [1.165, 1.54) is 0 Å². The first-order chi connectivity index (χ1) is 7.77. The molecule has 0 saturated carbocycles. The number of nitrogens with two attached hydrogens (primary N) is 1. The molecule has 0 aliphatic carbocycles. The third kappa shape index (κ3) is 4.18. The molecule has 1 aromatic carbocycles. The van der Waals surface area contributed by atoms with Gasteiger partial charge in [0.2, 0.25) is 0 Å². The fourth-order valence-corrected chi connectivity index (χ4v) is 1.39. The summed E-state index contributed by atoms with van der Waals surface area (Å²) in [4.78, 5) is 0. The van der Waals surface area contributed by atoms with Gasteiger partial charge in [-0.1, -0.05) is 12.1 Å². The Morgan fingerprint density at radius 1 is 1.38 bits per heavy atom. The Morgan fingerprint density at radius 3 is 2.88 bits per heavy atom. The molecule has 4 nitrogen and oxygen atoms in total. The molecule has 0 aliphatic heterocycles. The monoisotopic (exact) mass is 225 g/mol. The molecule has 0 fully saturated rings. The molecule has 1 unspecified atom stereocenters. The summed E-state index contributed by atoms with van der Waals surface area (Å²) in [5, 5.41) is 18.4. The first-order valence-electron chi connectivity index (χ1n) is 5.49. The second kappa shape index (κ2) is 7.22. The van der Waals surface area contributed by atoms with Gasteiger partial charge >= 0.3 is 0 Å². The lowest BCUT2D eigenvalue weighted by molar-refractivity contribution is 0.169. The third-order valence-corrected chi connectivity index (χ3v) is 2.25. The van der Waals surface area contributed by atoms with E-state index in [4.69, 9.17) is 15.6 Å². The van der Waals surface area contributed by atoms with Gasteiger partial charge in [-0.15, -0.1) is 0 Å². The van der Waals surface area contributed by atoms with Crippen LogP contribution in [0.25, 0.3) is 0 Å². The van der Waals surface area contributed by atoms with E-state index in [1.54, 1.807) is 6.07 Å². The number of rotatable bonds is 7. The molecular formula is C12H19NO3. The molecular weight excluding hydrogens is 206 g/mol. The number of benzene rings is 1. The molecule has 16 heavy (non-hydrogen) atoms. The molecule has 1 aromatic rings. The standard InChI is InChI=1S/C12H19NO3/c13-6-5-12(15)10-3-1-4-11(9-10)16-8-2-7-14/h1,3-4,9,12,14-15H,2,5-8,13H2. The van der Waals surface area contributed by atoms with Crippen LogP contribution in [-0.4, -0.2) is 30.0 Å². The zero-order chi connectivity index (χ0) is 11.8. The van der Waals surface area contributed by atoms with E-state index in [0.717, 1.165) is 5.56 Å². The van der Waals surface area contributed by atoms with Crippen molar-refractivity contribution >= 4 is 0 Å². The number of aliphatic hydroxyl groups is 2. The minimum Gasteiger partial charge on any atom is -0.493 e. The summed E-state index contributed by atoms with van der Waals surface area (Å²) in [7, 11) is 0. The van der Waals surface area contributed by atoms with E-state index in [-0.39, 0.29) is 6.61 Å². The minimum atomic E-state index is -0.536. The molecule has 1 atom stereocenters. The molecule has 4 N–H and O–H groups in total. The molecule has 0 heterocycles. The fourth-order valence-electron chi connectivity index (χ4n) is 1.39. The normalized spacial score (nSPS) is 12.4. The highest BCUT2D eigenvalue weighted by molar-refractivity contribution is 5.29. The van der Waals surface area contributed by atoms with Crippen LogP contribution in [0.2, 0.25) is 0 Å². The average molecular weight is 225 g/mol. The van der Waals surface area contributed by atoms with Crippen LogP contribution in [0.5, 0.6) is 5.75 Å². The molecule has 0 spiro atoms. The first-order valence-corrected chi connectivity index (χ1v) is 5.49. The lowest BCUT2D eigenvalue weighted by Crippen LogP contribution is -2.07. The van der Waals surface area contributed by atoms with E-state index < -0.39 is 6.10 Å². The van der Waals surface area contributed by atoms with E-state index in [0.29, 0.717) is 31.7 Å². The van der Waals surface area contributed by atoms with Gasteiger partial charge in [-0.05, 0) is 30.7 Å². The Kier molecular flexibility index (Phi) is 5.85. The van der Waals surface area contributed by atoms with Crippen LogP contribution >= 0.6 is 0 Å². The van der Waals surface area contributed by atoms with Gasteiger partial charge in [-0.3, -0.25) is 0 Å². The highest BCUT2D eigenvalue weighted by Gasteiger charge is 2.06. The zero-order valence-corrected chi connectivity index (χ0v) is 9.30. The van der Waals surface area contributed by atoms with Crippen LogP contribution in [0.15, 0.2) is 24.3 Å². The van der Waals surface area contributed by atoms with Crippen LogP contribution in [0.4, 0.5) is 0 Å². The maximum Gasteiger partial charge on any atom is 0.119 e. The number of ether oxygens (including phenoxy) is 1. The van der Waals surface area contributed by atoms with Crippen molar-refractivity contribution in [2.24, 2.45) is 5.73 Å². The second-order valence-corrected chi connectivity index (χ2v) is 3.59. The molecule has 0 amide bonds. The maximum absolute atomic E-state index is 9.74. The predicted octanol–water partition coefficient (Wildman–Crippen LogP) is 0.830. The van der Waals surface area contributed by atoms with Crippen molar-refractivity contribution in [1.82, 2.24) is 0 Å². The summed E-state index contributed by atoms with van der Waals surface area (Å²) in [5.41, 5.74) is 6.20. The summed E-state index contributed by atoms with van der Waals surface area (Å²) in [6.07, 6.45) is 0.613. The molecule has 0 radical (unpaired) electrons. The highest BCUT2D eigenvalue weighted by atomic mass is 16.5. The van der Waals surface area contributed by atoms with Crippen LogP contribution in [0.1, 0.15) is 24.5 Å². The highest BCUT2D eigenvalue weighted by Crippen LogP contribution is 2.21. The van der Waals surface area contributed by atoms with Crippen molar-refractivity contribution in [1.29, 1.82) is 0 Å². The van der Waals surface area contributed by atoms with Gasteiger partial charge < -0.3 is 20.7 Å². The van der Waals surface area contributed by atoms with Crippen LogP contribution in [0.3, 0.4) is 0 Å². The topological polar surface area (TPSA) is 75.7 Å². The van der Waals surface area contributed by atoms with Crippen molar-refractivity contribution in [3.05, 3.63) is 29.8 Å². The van der Waals surface area contributed by atoms with Crippen LogP contribution < -0.4 is 10.5 Å². The van der Waals surface area contributed by atoms with Crippen molar-refractivity contribution in [3.8, 4) is 5.75 Å². The summed E-state index contributed by atoms with van der Waals surface area (Å²) in [6.45, 7) is 1.05. The summed E-state index contributed by atoms with van der Waals surface area (Å²) < 4.78 is 5.41. The molecule has 1 rings (SSSR count). The Balaban J connectivity index is 2.56. The Hall–Kier alpha value is -1.10. The van der Waals surface area contributed by atoms with E-state index in [2.05, 4.69) is 0 Å². The molecule has 0 saturated heterocycles. The van der Waals surface area contributed by atoms with Gasteiger partial charge in [0.1, 0.15) is 5.75 Å².